The second-order valence-electron chi connectivity index (χ2n) is 6.78. The van der Waals surface area contributed by atoms with Gasteiger partial charge in [0.2, 0.25) is 0 Å². The summed E-state index contributed by atoms with van der Waals surface area (Å²) in [7, 11) is 1.74. The number of ether oxygens (including phenoxy) is 1. The Balaban J connectivity index is 2.20. The van der Waals surface area contributed by atoms with Gasteiger partial charge in [-0.25, -0.2) is 0 Å². The van der Waals surface area contributed by atoms with E-state index in [1.54, 1.807) is 7.11 Å². The first-order chi connectivity index (χ1) is 10.0. The molecule has 118 valence electrons. The zero-order valence-electron chi connectivity index (χ0n) is 14.0. The minimum atomic E-state index is 0.240. The van der Waals surface area contributed by atoms with Gasteiger partial charge in [-0.05, 0) is 63.8 Å². The van der Waals surface area contributed by atoms with E-state index in [0.29, 0.717) is 0 Å². The summed E-state index contributed by atoms with van der Waals surface area (Å²) in [6.07, 6.45) is 9.33. The van der Waals surface area contributed by atoms with Crippen LogP contribution in [-0.4, -0.2) is 18.6 Å². The van der Waals surface area contributed by atoms with Crippen molar-refractivity contribution >= 4 is 0 Å². The van der Waals surface area contributed by atoms with Crippen LogP contribution in [0.25, 0.3) is 0 Å². The number of hydrogen-bond donors (Lipinski definition) is 1. The molecule has 0 bridgehead atoms. The topological polar surface area (TPSA) is 48.1 Å². The number of rotatable bonds is 5. The molecular weight excluding hydrogens is 260 g/mol. The summed E-state index contributed by atoms with van der Waals surface area (Å²) in [5.74, 6) is 1.88. The highest BCUT2D eigenvalue weighted by Crippen LogP contribution is 2.42. The lowest BCUT2D eigenvalue weighted by atomic mass is 9.67. The number of hydrogen-bond acceptors (Lipinski definition) is 3. The molecule has 0 aromatic carbocycles. The minimum Gasteiger partial charge on any atom is -0.496 e. The highest BCUT2D eigenvalue weighted by Gasteiger charge is 2.34. The summed E-state index contributed by atoms with van der Waals surface area (Å²) >= 11 is 0. The molecule has 0 aliphatic heterocycles. The molecule has 1 aliphatic rings. The molecule has 0 spiro atoms. The lowest BCUT2D eigenvalue weighted by Gasteiger charge is -2.39. The van der Waals surface area contributed by atoms with Crippen molar-refractivity contribution in [3.8, 4) is 5.75 Å². The maximum absolute atomic E-state index is 6.16. The van der Waals surface area contributed by atoms with Crippen LogP contribution in [0, 0.1) is 25.2 Å². The van der Waals surface area contributed by atoms with Gasteiger partial charge in [0.25, 0.3) is 0 Å². The van der Waals surface area contributed by atoms with Gasteiger partial charge in [0.15, 0.2) is 0 Å². The van der Waals surface area contributed by atoms with Gasteiger partial charge in [-0.1, -0.05) is 13.3 Å². The van der Waals surface area contributed by atoms with Crippen LogP contribution in [0.15, 0.2) is 6.20 Å². The molecule has 2 rings (SSSR count). The van der Waals surface area contributed by atoms with Crippen LogP contribution in [-0.2, 0) is 6.42 Å². The molecule has 0 radical (unpaired) electrons. The molecule has 1 fully saturated rings. The Morgan fingerprint density at radius 3 is 2.52 bits per heavy atom. The second-order valence-corrected chi connectivity index (χ2v) is 6.78. The highest BCUT2D eigenvalue weighted by atomic mass is 16.5. The highest BCUT2D eigenvalue weighted by molar-refractivity contribution is 5.41. The first-order valence-corrected chi connectivity index (χ1v) is 8.24. The first kappa shape index (κ1) is 16.3. The van der Waals surface area contributed by atoms with Gasteiger partial charge in [0, 0.05) is 23.0 Å². The molecule has 3 heteroatoms. The monoisotopic (exact) mass is 290 g/mol. The van der Waals surface area contributed by atoms with Gasteiger partial charge in [-0.2, -0.15) is 0 Å². The molecule has 0 unspecified atom stereocenters. The van der Waals surface area contributed by atoms with Crippen molar-refractivity contribution < 1.29 is 4.74 Å². The summed E-state index contributed by atoms with van der Waals surface area (Å²) in [5, 5.41) is 0. The van der Waals surface area contributed by atoms with E-state index in [4.69, 9.17) is 10.5 Å². The van der Waals surface area contributed by atoms with Gasteiger partial charge in [0.1, 0.15) is 5.75 Å². The van der Waals surface area contributed by atoms with Crippen molar-refractivity contribution in [2.45, 2.75) is 59.3 Å². The molecule has 1 aromatic rings. The Morgan fingerprint density at radius 1 is 1.33 bits per heavy atom. The standard InChI is InChI=1S/C18H30N2O/c1-5-15-6-8-18(12-19,9-7-15)10-16-14(3)17(21-4)13(2)11-20-16/h11,15H,5-10,12,19H2,1-4H3. The van der Waals surface area contributed by atoms with Crippen molar-refractivity contribution in [1.29, 1.82) is 0 Å². The lowest BCUT2D eigenvalue weighted by molar-refractivity contribution is 0.152. The van der Waals surface area contributed by atoms with Crippen molar-refractivity contribution in [1.82, 2.24) is 4.98 Å². The fourth-order valence-corrected chi connectivity index (χ4v) is 3.76. The average molecular weight is 290 g/mol. The third kappa shape index (κ3) is 3.39. The third-order valence-electron chi connectivity index (χ3n) is 5.47. The van der Waals surface area contributed by atoms with Crippen LogP contribution in [0.1, 0.15) is 55.8 Å². The zero-order chi connectivity index (χ0) is 15.5. The molecule has 1 heterocycles. The van der Waals surface area contributed by atoms with E-state index in [0.717, 1.165) is 35.9 Å². The van der Waals surface area contributed by atoms with Crippen LogP contribution in [0.5, 0.6) is 5.75 Å². The normalized spacial score (nSPS) is 25.9. The number of nitrogens with zero attached hydrogens (tertiary/aromatic N) is 1. The van der Waals surface area contributed by atoms with Crippen LogP contribution < -0.4 is 10.5 Å². The number of aromatic nitrogens is 1. The molecule has 1 aromatic heterocycles. The summed E-state index contributed by atoms with van der Waals surface area (Å²) in [5.41, 5.74) is 9.86. The van der Waals surface area contributed by atoms with Gasteiger partial charge in [0.05, 0.1) is 7.11 Å². The Hall–Kier alpha value is -1.09. The van der Waals surface area contributed by atoms with Crippen LogP contribution >= 0.6 is 0 Å². The predicted octanol–water partition coefficient (Wildman–Crippen LogP) is 3.79. The van der Waals surface area contributed by atoms with Crippen molar-refractivity contribution in [2.24, 2.45) is 17.1 Å². The van der Waals surface area contributed by atoms with E-state index in [-0.39, 0.29) is 5.41 Å². The number of aryl methyl sites for hydroxylation is 1. The molecule has 1 aliphatic carbocycles. The van der Waals surface area contributed by atoms with Crippen LogP contribution in [0.2, 0.25) is 0 Å². The maximum atomic E-state index is 6.16. The van der Waals surface area contributed by atoms with Gasteiger partial charge < -0.3 is 10.5 Å². The van der Waals surface area contributed by atoms with Crippen LogP contribution in [0.3, 0.4) is 0 Å². The fraction of sp³-hybridized carbons (Fsp3) is 0.722. The van der Waals surface area contributed by atoms with E-state index < -0.39 is 0 Å². The molecule has 21 heavy (non-hydrogen) atoms. The zero-order valence-corrected chi connectivity index (χ0v) is 14.0. The summed E-state index contributed by atoms with van der Waals surface area (Å²) in [6, 6.07) is 0. The van der Waals surface area contributed by atoms with Gasteiger partial charge in [-0.15, -0.1) is 0 Å². The Labute approximate surface area is 129 Å². The average Bonchev–Trinajstić information content (AvgIpc) is 2.51. The van der Waals surface area contributed by atoms with E-state index in [1.165, 1.54) is 37.7 Å². The quantitative estimate of drug-likeness (QED) is 0.897. The Bertz CT molecular complexity index is 476. The summed E-state index contributed by atoms with van der Waals surface area (Å²) in [4.78, 5) is 4.68. The second kappa shape index (κ2) is 6.78. The number of pyridine rings is 1. The van der Waals surface area contributed by atoms with E-state index in [2.05, 4.69) is 18.8 Å². The third-order valence-corrected chi connectivity index (χ3v) is 5.47. The SMILES string of the molecule is CCC1CCC(CN)(Cc2ncc(C)c(OC)c2C)CC1. The Morgan fingerprint density at radius 2 is 2.00 bits per heavy atom. The van der Waals surface area contributed by atoms with Gasteiger partial charge in [-0.3, -0.25) is 4.98 Å². The largest absolute Gasteiger partial charge is 0.496 e. The van der Waals surface area contributed by atoms with Crippen molar-refractivity contribution in [2.75, 3.05) is 13.7 Å². The fourth-order valence-electron chi connectivity index (χ4n) is 3.76. The first-order valence-electron chi connectivity index (χ1n) is 8.24. The molecule has 3 nitrogen and oxygen atoms in total. The Kier molecular flexibility index (Phi) is 5.26. The lowest BCUT2D eigenvalue weighted by Crippen LogP contribution is -2.37. The van der Waals surface area contributed by atoms with Crippen LogP contribution in [0.4, 0.5) is 0 Å². The molecule has 0 amide bonds. The molecule has 1 saturated carbocycles. The minimum absolute atomic E-state index is 0.240. The predicted molar refractivity (Wildman–Crippen MR) is 87.7 cm³/mol. The van der Waals surface area contributed by atoms with E-state index in [1.807, 2.05) is 13.1 Å². The van der Waals surface area contributed by atoms with Crippen molar-refractivity contribution in [3.05, 3.63) is 23.0 Å². The molecule has 0 atom stereocenters. The number of methoxy groups -OCH3 is 1. The molecule has 0 saturated heterocycles. The molecule has 2 N–H and O–H groups in total. The summed E-state index contributed by atoms with van der Waals surface area (Å²) in [6.45, 7) is 7.24. The smallest absolute Gasteiger partial charge is 0.128 e. The summed E-state index contributed by atoms with van der Waals surface area (Å²) < 4.78 is 5.54. The van der Waals surface area contributed by atoms with Gasteiger partial charge >= 0.3 is 0 Å². The maximum Gasteiger partial charge on any atom is 0.128 e. The number of nitrogens with two attached hydrogens (primary N) is 1. The van der Waals surface area contributed by atoms with E-state index in [9.17, 15) is 0 Å². The van der Waals surface area contributed by atoms with Crippen molar-refractivity contribution in [3.63, 3.8) is 0 Å². The van der Waals surface area contributed by atoms with E-state index >= 15 is 0 Å². The molecular formula is C18H30N2O.